The highest BCUT2D eigenvalue weighted by molar-refractivity contribution is 5.94. The molecule has 30 heavy (non-hydrogen) atoms. The number of carbonyl (C=O) groups excluding carboxylic acids is 4. The maximum absolute atomic E-state index is 12.1. The van der Waals surface area contributed by atoms with E-state index in [0.29, 0.717) is 11.5 Å². The highest BCUT2D eigenvalue weighted by Gasteiger charge is 2.41. The first-order valence-electron chi connectivity index (χ1n) is 8.44. The van der Waals surface area contributed by atoms with Crippen molar-refractivity contribution in [3.05, 3.63) is 60.5 Å². The number of ether oxygens (including phenoxy) is 4. The normalized spacial score (nSPS) is 13.0. The molecule has 0 aliphatic heterocycles. The zero-order valence-electron chi connectivity index (χ0n) is 16.0. The van der Waals surface area contributed by atoms with Gasteiger partial charge in [-0.25, -0.2) is 19.2 Å². The Balaban J connectivity index is 2.15. The molecule has 0 bridgehead atoms. The third kappa shape index (κ3) is 6.51. The van der Waals surface area contributed by atoms with Gasteiger partial charge in [-0.2, -0.15) is 0 Å². The molecule has 0 unspecified atom stereocenters. The van der Waals surface area contributed by atoms with Gasteiger partial charge in [0.1, 0.15) is 11.5 Å². The van der Waals surface area contributed by atoms with Crippen LogP contribution in [0.15, 0.2) is 57.8 Å². The van der Waals surface area contributed by atoms with Crippen LogP contribution in [0.25, 0.3) is 12.2 Å². The third-order valence-corrected chi connectivity index (χ3v) is 3.48. The second kappa shape index (κ2) is 11.1. The van der Waals surface area contributed by atoms with Gasteiger partial charge in [-0.1, -0.05) is 0 Å². The predicted molar refractivity (Wildman–Crippen MR) is 99.3 cm³/mol. The number of esters is 4. The molecule has 2 rings (SSSR count). The van der Waals surface area contributed by atoms with Gasteiger partial charge in [-0.3, -0.25) is 0 Å². The third-order valence-electron chi connectivity index (χ3n) is 3.48. The lowest BCUT2D eigenvalue weighted by molar-refractivity contribution is -0.186. The Morgan fingerprint density at radius 2 is 1.17 bits per heavy atom. The van der Waals surface area contributed by atoms with Crippen molar-refractivity contribution in [2.75, 3.05) is 14.2 Å². The molecule has 0 aliphatic carbocycles. The van der Waals surface area contributed by atoms with Crippen molar-refractivity contribution < 1.29 is 47.0 Å². The summed E-state index contributed by atoms with van der Waals surface area (Å²) < 4.78 is 29.1. The fourth-order valence-electron chi connectivity index (χ4n) is 2.10. The van der Waals surface area contributed by atoms with Crippen LogP contribution in [0.5, 0.6) is 0 Å². The maximum atomic E-state index is 12.1. The predicted octanol–water partition coefficient (Wildman–Crippen LogP) is 1.77. The molecule has 0 N–H and O–H groups in total. The lowest BCUT2D eigenvalue weighted by atomic mass is 10.2. The van der Waals surface area contributed by atoms with Crippen molar-refractivity contribution in [3.63, 3.8) is 0 Å². The molecule has 0 saturated heterocycles. The summed E-state index contributed by atoms with van der Waals surface area (Å²) in [5.74, 6) is -3.60. The standard InChI is InChI=1S/C20H18O10/c1-25-19(23)17(29-15(21)9-7-13-5-3-11-27-13)18(20(24)26-2)30-16(22)10-8-14-6-4-12-28-14/h3-12,17-18H,1-2H3/b9-7+,10-8+/t17-,18-/m1/s1. The van der Waals surface area contributed by atoms with E-state index in [1.54, 1.807) is 24.3 Å². The first-order chi connectivity index (χ1) is 14.4. The Morgan fingerprint density at radius 1 is 0.767 bits per heavy atom. The molecule has 0 aliphatic rings. The highest BCUT2D eigenvalue weighted by atomic mass is 16.6. The van der Waals surface area contributed by atoms with E-state index in [0.717, 1.165) is 26.4 Å². The van der Waals surface area contributed by atoms with E-state index >= 15 is 0 Å². The first-order valence-corrected chi connectivity index (χ1v) is 8.44. The second-order valence-corrected chi connectivity index (χ2v) is 5.46. The zero-order valence-corrected chi connectivity index (χ0v) is 16.0. The van der Waals surface area contributed by atoms with Crippen LogP contribution >= 0.6 is 0 Å². The minimum Gasteiger partial charge on any atom is -0.466 e. The maximum Gasteiger partial charge on any atom is 0.351 e. The van der Waals surface area contributed by atoms with Gasteiger partial charge in [0.2, 0.25) is 12.2 Å². The molecular formula is C20H18O10. The largest absolute Gasteiger partial charge is 0.466 e. The first kappa shape index (κ1) is 22.2. The van der Waals surface area contributed by atoms with E-state index < -0.39 is 36.1 Å². The van der Waals surface area contributed by atoms with Crippen molar-refractivity contribution in [1.29, 1.82) is 0 Å². The minimum atomic E-state index is -1.91. The van der Waals surface area contributed by atoms with Gasteiger partial charge >= 0.3 is 23.9 Å². The van der Waals surface area contributed by atoms with Gasteiger partial charge in [-0.05, 0) is 36.4 Å². The summed E-state index contributed by atoms with van der Waals surface area (Å²) in [4.78, 5) is 48.3. The Hall–Kier alpha value is -4.08. The lowest BCUT2D eigenvalue weighted by Gasteiger charge is -2.22. The highest BCUT2D eigenvalue weighted by Crippen LogP contribution is 2.12. The molecule has 0 amide bonds. The number of furan rings is 2. The summed E-state index contributed by atoms with van der Waals surface area (Å²) in [7, 11) is 2.02. The average molecular weight is 418 g/mol. The number of hydrogen-bond donors (Lipinski definition) is 0. The average Bonchev–Trinajstić information content (AvgIpc) is 3.46. The molecule has 2 aromatic rings. The topological polar surface area (TPSA) is 131 Å². The lowest BCUT2D eigenvalue weighted by Crippen LogP contribution is -2.46. The van der Waals surface area contributed by atoms with Crippen LogP contribution in [0, 0.1) is 0 Å². The quantitative estimate of drug-likeness (QED) is 0.337. The van der Waals surface area contributed by atoms with Gasteiger partial charge in [-0.15, -0.1) is 0 Å². The van der Waals surface area contributed by atoms with Crippen LogP contribution in [0.4, 0.5) is 0 Å². The zero-order chi connectivity index (χ0) is 21.9. The SMILES string of the molecule is COC(=O)[C@H](OC(=O)/C=C/c1ccco1)[C@@H](OC(=O)/C=C/c1ccco1)C(=O)OC. The van der Waals surface area contributed by atoms with Crippen molar-refractivity contribution in [2.24, 2.45) is 0 Å². The fraction of sp³-hybridized carbons (Fsp3) is 0.200. The van der Waals surface area contributed by atoms with E-state index in [1.165, 1.54) is 24.7 Å². The van der Waals surface area contributed by atoms with Gasteiger partial charge < -0.3 is 27.8 Å². The molecule has 10 heteroatoms. The number of rotatable bonds is 9. The van der Waals surface area contributed by atoms with E-state index in [9.17, 15) is 19.2 Å². The second-order valence-electron chi connectivity index (χ2n) is 5.46. The summed E-state index contributed by atoms with van der Waals surface area (Å²) in [5, 5.41) is 0. The Kier molecular flexibility index (Phi) is 8.18. The van der Waals surface area contributed by atoms with Crippen LogP contribution in [-0.4, -0.2) is 50.3 Å². The Morgan fingerprint density at radius 3 is 1.47 bits per heavy atom. The van der Waals surface area contributed by atoms with Gasteiger partial charge in [0.25, 0.3) is 0 Å². The molecule has 2 atom stereocenters. The van der Waals surface area contributed by atoms with Crippen molar-refractivity contribution in [2.45, 2.75) is 12.2 Å². The number of hydrogen-bond acceptors (Lipinski definition) is 10. The van der Waals surface area contributed by atoms with E-state index in [-0.39, 0.29) is 0 Å². The van der Waals surface area contributed by atoms with Crippen molar-refractivity contribution in [3.8, 4) is 0 Å². The van der Waals surface area contributed by atoms with Crippen LogP contribution in [-0.2, 0) is 38.1 Å². The summed E-state index contributed by atoms with van der Waals surface area (Å²) in [6, 6.07) is 6.36. The number of methoxy groups -OCH3 is 2. The molecule has 0 spiro atoms. The molecule has 10 nitrogen and oxygen atoms in total. The molecule has 0 aromatic carbocycles. The van der Waals surface area contributed by atoms with Gasteiger partial charge in [0.05, 0.1) is 26.7 Å². The summed E-state index contributed by atoms with van der Waals surface area (Å²) >= 11 is 0. The van der Waals surface area contributed by atoms with Crippen LogP contribution < -0.4 is 0 Å². The molecule has 158 valence electrons. The van der Waals surface area contributed by atoms with Crippen LogP contribution in [0.3, 0.4) is 0 Å². The summed E-state index contributed by atoms with van der Waals surface area (Å²) in [6.45, 7) is 0. The fourth-order valence-corrected chi connectivity index (χ4v) is 2.10. The molecule has 2 aromatic heterocycles. The molecule has 0 fully saturated rings. The summed E-state index contributed by atoms with van der Waals surface area (Å²) in [6.07, 6.45) is 3.46. The van der Waals surface area contributed by atoms with Gasteiger partial charge in [0.15, 0.2) is 0 Å². The Bertz CT molecular complexity index is 829. The monoisotopic (exact) mass is 418 g/mol. The van der Waals surface area contributed by atoms with Crippen molar-refractivity contribution in [1.82, 2.24) is 0 Å². The molecule has 0 saturated carbocycles. The smallest absolute Gasteiger partial charge is 0.351 e. The minimum absolute atomic E-state index is 0.348. The van der Waals surface area contributed by atoms with Crippen molar-refractivity contribution >= 4 is 36.0 Å². The summed E-state index contributed by atoms with van der Waals surface area (Å²) in [5.41, 5.74) is 0. The van der Waals surface area contributed by atoms with Crippen LogP contribution in [0.1, 0.15) is 11.5 Å². The number of carbonyl (C=O) groups is 4. The van der Waals surface area contributed by atoms with Crippen LogP contribution in [0.2, 0.25) is 0 Å². The molecule has 2 heterocycles. The van der Waals surface area contributed by atoms with E-state index in [4.69, 9.17) is 18.3 Å². The van der Waals surface area contributed by atoms with E-state index in [1.807, 2.05) is 0 Å². The van der Waals surface area contributed by atoms with E-state index in [2.05, 4.69) is 9.47 Å². The molecule has 0 radical (unpaired) electrons. The van der Waals surface area contributed by atoms with Gasteiger partial charge in [0, 0.05) is 12.2 Å². The molecular weight excluding hydrogens is 400 g/mol. The Labute approximate surface area is 170 Å².